The minimum absolute atomic E-state index is 0.164. The van der Waals surface area contributed by atoms with Crippen LogP contribution in [0, 0.1) is 13.8 Å². The first-order valence-electron chi connectivity index (χ1n) is 10.5. The zero-order valence-corrected chi connectivity index (χ0v) is 20.0. The second kappa shape index (κ2) is 12.0. The molecule has 0 saturated heterocycles. The molecule has 1 N–H and O–H groups in total. The van der Waals surface area contributed by atoms with Gasteiger partial charge in [-0.3, -0.25) is 9.59 Å². The van der Waals surface area contributed by atoms with Gasteiger partial charge in [-0.25, -0.2) is 0 Å². The molecule has 2 aromatic carbocycles. The van der Waals surface area contributed by atoms with Gasteiger partial charge in [0.15, 0.2) is 6.61 Å². The third-order valence-corrected chi connectivity index (χ3v) is 5.92. The van der Waals surface area contributed by atoms with E-state index in [0.29, 0.717) is 28.8 Å². The first-order chi connectivity index (χ1) is 14.8. The van der Waals surface area contributed by atoms with E-state index in [9.17, 15) is 9.59 Å². The van der Waals surface area contributed by atoms with E-state index in [1.54, 1.807) is 23.1 Å². The Bertz CT molecular complexity index is 918. The summed E-state index contributed by atoms with van der Waals surface area (Å²) in [5, 5.41) is 3.74. The van der Waals surface area contributed by atoms with Crippen molar-refractivity contribution in [2.75, 3.05) is 13.2 Å². The Balaban J connectivity index is 2.25. The molecule has 31 heavy (non-hydrogen) atoms. The number of nitrogens with one attached hydrogen (secondary N) is 1. The quantitative estimate of drug-likeness (QED) is 0.517. The summed E-state index contributed by atoms with van der Waals surface area (Å²) >= 11 is 12.2. The Labute approximate surface area is 194 Å². The number of carbonyl (C=O) groups is 2. The second-order valence-electron chi connectivity index (χ2n) is 7.47. The number of amides is 2. The summed E-state index contributed by atoms with van der Waals surface area (Å²) < 4.78 is 5.83. The molecule has 2 amide bonds. The zero-order valence-electron chi connectivity index (χ0n) is 18.5. The molecular weight excluding hydrogens is 435 g/mol. The number of benzene rings is 2. The Kier molecular flexibility index (Phi) is 9.66. The van der Waals surface area contributed by atoms with Gasteiger partial charge in [-0.05, 0) is 61.6 Å². The fourth-order valence-electron chi connectivity index (χ4n) is 3.22. The van der Waals surface area contributed by atoms with Crippen LogP contribution in [0.3, 0.4) is 0 Å². The molecule has 0 aromatic heterocycles. The fourth-order valence-corrected chi connectivity index (χ4v) is 3.54. The van der Waals surface area contributed by atoms with Crippen molar-refractivity contribution in [1.29, 1.82) is 0 Å². The first kappa shape index (κ1) is 25.0. The van der Waals surface area contributed by atoms with Crippen LogP contribution in [0.15, 0.2) is 36.4 Å². The molecule has 0 saturated carbocycles. The van der Waals surface area contributed by atoms with Gasteiger partial charge in [-0.15, -0.1) is 0 Å². The van der Waals surface area contributed by atoms with E-state index < -0.39 is 6.04 Å². The van der Waals surface area contributed by atoms with Crippen LogP contribution in [0.4, 0.5) is 0 Å². The lowest BCUT2D eigenvalue weighted by molar-refractivity contribution is -0.143. The average Bonchev–Trinajstić information content (AvgIpc) is 2.75. The highest BCUT2D eigenvalue weighted by Crippen LogP contribution is 2.25. The minimum atomic E-state index is -0.615. The maximum absolute atomic E-state index is 13.2. The van der Waals surface area contributed by atoms with Gasteiger partial charge >= 0.3 is 0 Å². The minimum Gasteiger partial charge on any atom is -0.483 e. The zero-order chi connectivity index (χ0) is 23.0. The van der Waals surface area contributed by atoms with Gasteiger partial charge in [0.1, 0.15) is 11.8 Å². The van der Waals surface area contributed by atoms with Crippen LogP contribution >= 0.6 is 23.2 Å². The summed E-state index contributed by atoms with van der Waals surface area (Å²) in [6.07, 6.45) is 1.30. The van der Waals surface area contributed by atoms with Crippen molar-refractivity contribution < 1.29 is 14.3 Å². The van der Waals surface area contributed by atoms with Gasteiger partial charge < -0.3 is 15.0 Å². The SMILES string of the molecule is CCCNC(=O)C(CC)N(Cc1ccc(Cl)c(Cl)c1)C(=O)COc1cccc(C)c1C. The maximum Gasteiger partial charge on any atom is 0.261 e. The Hall–Kier alpha value is -2.24. The molecule has 0 heterocycles. The third kappa shape index (κ3) is 6.88. The standard InChI is InChI=1S/C24H30Cl2N2O3/c1-5-12-27-24(30)21(6-2)28(14-18-10-11-19(25)20(26)13-18)23(29)15-31-22-9-7-8-16(3)17(22)4/h7-11,13,21H,5-6,12,14-15H2,1-4H3,(H,27,30). The average molecular weight is 465 g/mol. The van der Waals surface area contributed by atoms with Crippen LogP contribution in [0.1, 0.15) is 43.4 Å². The number of ether oxygens (including phenoxy) is 1. The maximum atomic E-state index is 13.2. The van der Waals surface area contributed by atoms with E-state index in [4.69, 9.17) is 27.9 Å². The van der Waals surface area contributed by atoms with Crippen molar-refractivity contribution in [3.8, 4) is 5.75 Å². The number of rotatable bonds is 10. The van der Waals surface area contributed by atoms with Crippen molar-refractivity contribution >= 4 is 35.0 Å². The van der Waals surface area contributed by atoms with E-state index in [1.807, 2.05) is 45.9 Å². The summed E-state index contributed by atoms with van der Waals surface area (Å²) in [5.41, 5.74) is 2.86. The highest BCUT2D eigenvalue weighted by Gasteiger charge is 2.29. The van der Waals surface area contributed by atoms with Crippen molar-refractivity contribution in [3.05, 3.63) is 63.1 Å². The van der Waals surface area contributed by atoms with E-state index in [-0.39, 0.29) is 25.0 Å². The topological polar surface area (TPSA) is 58.6 Å². The molecule has 2 rings (SSSR count). The van der Waals surface area contributed by atoms with Crippen LogP contribution in [0.25, 0.3) is 0 Å². The first-order valence-corrected chi connectivity index (χ1v) is 11.2. The smallest absolute Gasteiger partial charge is 0.261 e. The van der Waals surface area contributed by atoms with Crippen LogP contribution in [0.5, 0.6) is 5.75 Å². The molecule has 168 valence electrons. The van der Waals surface area contributed by atoms with Crippen LogP contribution in [0.2, 0.25) is 10.0 Å². The van der Waals surface area contributed by atoms with Crippen LogP contribution in [-0.2, 0) is 16.1 Å². The number of halogens is 2. The van der Waals surface area contributed by atoms with Crippen LogP contribution < -0.4 is 10.1 Å². The number of nitrogens with zero attached hydrogens (tertiary/aromatic N) is 1. The predicted molar refractivity (Wildman–Crippen MR) is 126 cm³/mol. The Morgan fingerprint density at radius 1 is 1.10 bits per heavy atom. The molecule has 0 bridgehead atoms. The van der Waals surface area contributed by atoms with Crippen molar-refractivity contribution in [2.24, 2.45) is 0 Å². The highest BCUT2D eigenvalue weighted by atomic mass is 35.5. The summed E-state index contributed by atoms with van der Waals surface area (Å²) in [6, 6.07) is 10.3. The lowest BCUT2D eigenvalue weighted by Crippen LogP contribution is -2.50. The molecule has 0 aliphatic heterocycles. The van der Waals surface area contributed by atoms with Gasteiger partial charge in [-0.1, -0.05) is 55.2 Å². The van der Waals surface area contributed by atoms with Crippen LogP contribution in [-0.4, -0.2) is 35.9 Å². The van der Waals surface area contributed by atoms with Gasteiger partial charge in [0, 0.05) is 13.1 Å². The molecule has 1 unspecified atom stereocenters. The van der Waals surface area contributed by atoms with Crippen molar-refractivity contribution in [3.63, 3.8) is 0 Å². The van der Waals surface area contributed by atoms with Gasteiger partial charge in [0.25, 0.3) is 5.91 Å². The van der Waals surface area contributed by atoms with Gasteiger partial charge in [-0.2, -0.15) is 0 Å². The summed E-state index contributed by atoms with van der Waals surface area (Å²) in [4.78, 5) is 27.5. The third-order valence-electron chi connectivity index (χ3n) is 5.18. The lowest BCUT2D eigenvalue weighted by Gasteiger charge is -2.30. The number of aryl methyl sites for hydroxylation is 1. The summed E-state index contributed by atoms with van der Waals surface area (Å²) in [6.45, 7) is 8.44. The van der Waals surface area contributed by atoms with E-state index in [2.05, 4.69) is 5.32 Å². The van der Waals surface area contributed by atoms with E-state index >= 15 is 0 Å². The summed E-state index contributed by atoms with van der Waals surface area (Å²) in [7, 11) is 0. The lowest BCUT2D eigenvalue weighted by atomic mass is 10.1. The Morgan fingerprint density at radius 3 is 2.48 bits per heavy atom. The molecule has 0 spiro atoms. The second-order valence-corrected chi connectivity index (χ2v) is 8.29. The largest absolute Gasteiger partial charge is 0.483 e. The monoisotopic (exact) mass is 464 g/mol. The fraction of sp³-hybridized carbons (Fsp3) is 0.417. The molecule has 5 nitrogen and oxygen atoms in total. The number of hydrogen-bond donors (Lipinski definition) is 1. The molecule has 0 aliphatic carbocycles. The molecule has 1 atom stereocenters. The van der Waals surface area contributed by atoms with Gasteiger partial charge in [0.2, 0.25) is 5.91 Å². The van der Waals surface area contributed by atoms with Crippen molar-refractivity contribution in [1.82, 2.24) is 10.2 Å². The van der Waals surface area contributed by atoms with Crippen molar-refractivity contribution in [2.45, 2.75) is 53.1 Å². The van der Waals surface area contributed by atoms with E-state index in [1.165, 1.54) is 0 Å². The highest BCUT2D eigenvalue weighted by molar-refractivity contribution is 6.42. The molecule has 7 heteroatoms. The molecule has 0 fully saturated rings. The molecule has 0 aliphatic rings. The molecule has 0 radical (unpaired) electrons. The number of hydrogen-bond acceptors (Lipinski definition) is 3. The predicted octanol–water partition coefficient (Wildman–Crippen LogP) is 5.32. The summed E-state index contributed by atoms with van der Waals surface area (Å²) in [5.74, 6) is 0.210. The Morgan fingerprint density at radius 2 is 1.84 bits per heavy atom. The normalized spacial score (nSPS) is 11.7. The van der Waals surface area contributed by atoms with E-state index in [0.717, 1.165) is 23.1 Å². The molecular formula is C24H30Cl2N2O3. The number of carbonyl (C=O) groups excluding carboxylic acids is 2. The molecule has 2 aromatic rings. The van der Waals surface area contributed by atoms with Gasteiger partial charge in [0.05, 0.1) is 10.0 Å².